The highest BCUT2D eigenvalue weighted by Crippen LogP contribution is 2.32. The van der Waals surface area contributed by atoms with Crippen molar-refractivity contribution in [3.63, 3.8) is 0 Å². The smallest absolute Gasteiger partial charge is 0.303 e. The number of phenolic OH excluding ortho intramolecular Hbond substituents is 1. The van der Waals surface area contributed by atoms with E-state index >= 15 is 0 Å². The number of carbonyl (C=O) groups is 1. The first-order valence-corrected chi connectivity index (χ1v) is 7.09. The number of carboxylic acids is 1. The van der Waals surface area contributed by atoms with Crippen LogP contribution in [0.1, 0.15) is 12.8 Å². The molecule has 0 unspecified atom stereocenters. The number of aromatic nitrogens is 2. The molecule has 2 aromatic rings. The second kappa shape index (κ2) is 6.62. The Morgan fingerprint density at radius 3 is 2.90 bits per heavy atom. The van der Waals surface area contributed by atoms with Crippen LogP contribution in [-0.2, 0) is 4.79 Å². The Morgan fingerprint density at radius 1 is 1.40 bits per heavy atom. The lowest BCUT2D eigenvalue weighted by atomic mass is 10.2. The van der Waals surface area contributed by atoms with Gasteiger partial charge in [-0.05, 0) is 24.6 Å². The van der Waals surface area contributed by atoms with Gasteiger partial charge in [-0.15, -0.1) is 10.2 Å². The molecule has 0 atom stereocenters. The number of aliphatic carboxylic acids is 1. The zero-order chi connectivity index (χ0) is 14.5. The summed E-state index contributed by atoms with van der Waals surface area (Å²) in [5, 5.41) is 26.7. The van der Waals surface area contributed by atoms with Crippen molar-refractivity contribution in [1.82, 2.24) is 10.2 Å². The Kier molecular flexibility index (Phi) is 4.86. The van der Waals surface area contributed by atoms with Crippen molar-refractivity contribution in [3.8, 4) is 17.2 Å². The number of halogens is 1. The van der Waals surface area contributed by atoms with E-state index in [2.05, 4.69) is 10.2 Å². The fraction of sp³-hybridized carbons (Fsp3) is 0.250. The molecule has 1 aromatic heterocycles. The van der Waals surface area contributed by atoms with Crippen molar-refractivity contribution >= 4 is 29.3 Å². The van der Waals surface area contributed by atoms with Crippen LogP contribution in [0.15, 0.2) is 27.8 Å². The Labute approximate surface area is 123 Å². The summed E-state index contributed by atoms with van der Waals surface area (Å²) in [6.07, 6.45) is 0.621. The summed E-state index contributed by atoms with van der Waals surface area (Å²) in [6.45, 7) is 0. The van der Waals surface area contributed by atoms with Gasteiger partial charge in [0.05, 0.1) is 5.56 Å². The summed E-state index contributed by atoms with van der Waals surface area (Å²) in [5.74, 6) is -0.105. The predicted molar refractivity (Wildman–Crippen MR) is 74.0 cm³/mol. The minimum atomic E-state index is -0.831. The van der Waals surface area contributed by atoms with Crippen LogP contribution in [0, 0.1) is 0 Å². The van der Waals surface area contributed by atoms with Crippen LogP contribution in [0.25, 0.3) is 11.5 Å². The van der Waals surface area contributed by atoms with Gasteiger partial charge in [0.2, 0.25) is 0 Å². The molecule has 6 nitrogen and oxygen atoms in total. The standard InChI is InChI=1S/C12H11ClN2O4S/c13-7-3-4-8(9(16)6-7)11-14-15-12(19-11)20-5-1-2-10(17)18/h3-4,6,16H,1-2,5H2,(H,17,18). The van der Waals surface area contributed by atoms with Gasteiger partial charge in [0.1, 0.15) is 5.75 Å². The van der Waals surface area contributed by atoms with Crippen LogP contribution >= 0.6 is 23.4 Å². The zero-order valence-corrected chi connectivity index (χ0v) is 11.8. The number of nitrogens with zero attached hydrogens (tertiary/aromatic N) is 2. The van der Waals surface area contributed by atoms with E-state index in [0.29, 0.717) is 28.0 Å². The average Bonchev–Trinajstić information content (AvgIpc) is 2.83. The van der Waals surface area contributed by atoms with Crippen molar-refractivity contribution in [2.75, 3.05) is 5.75 Å². The highest BCUT2D eigenvalue weighted by atomic mass is 35.5. The largest absolute Gasteiger partial charge is 0.507 e. The Morgan fingerprint density at radius 2 is 2.20 bits per heavy atom. The molecule has 20 heavy (non-hydrogen) atoms. The van der Waals surface area contributed by atoms with E-state index in [1.54, 1.807) is 12.1 Å². The van der Waals surface area contributed by atoms with Crippen LogP contribution < -0.4 is 0 Å². The van der Waals surface area contributed by atoms with Gasteiger partial charge in [-0.25, -0.2) is 0 Å². The van der Waals surface area contributed by atoms with E-state index < -0.39 is 5.97 Å². The molecule has 0 aliphatic carbocycles. The molecule has 2 N–H and O–H groups in total. The van der Waals surface area contributed by atoms with Gasteiger partial charge in [0.25, 0.3) is 11.1 Å². The van der Waals surface area contributed by atoms with Crippen LogP contribution in [0.2, 0.25) is 5.02 Å². The first-order chi connectivity index (χ1) is 9.56. The number of rotatable bonds is 6. The molecule has 0 bridgehead atoms. The lowest BCUT2D eigenvalue weighted by molar-refractivity contribution is -0.137. The molecule has 0 amide bonds. The van der Waals surface area contributed by atoms with Gasteiger partial charge in [-0.1, -0.05) is 23.4 Å². The second-order valence-corrected chi connectivity index (χ2v) is 5.36. The van der Waals surface area contributed by atoms with Crippen LogP contribution in [-0.4, -0.2) is 32.1 Å². The molecule has 8 heteroatoms. The molecule has 0 aliphatic rings. The minimum absolute atomic E-state index is 0.0384. The Hall–Kier alpha value is -1.73. The van der Waals surface area contributed by atoms with Gasteiger partial charge in [-0.3, -0.25) is 4.79 Å². The number of carboxylic acid groups (broad SMARTS) is 1. The third-order valence-electron chi connectivity index (χ3n) is 2.36. The maximum Gasteiger partial charge on any atom is 0.303 e. The van der Waals surface area contributed by atoms with Crippen molar-refractivity contribution < 1.29 is 19.4 Å². The second-order valence-electron chi connectivity index (χ2n) is 3.88. The maximum absolute atomic E-state index is 10.4. The fourth-order valence-electron chi connectivity index (χ4n) is 1.45. The first kappa shape index (κ1) is 14.7. The average molecular weight is 315 g/mol. The molecule has 0 spiro atoms. The van der Waals surface area contributed by atoms with E-state index in [4.69, 9.17) is 21.1 Å². The summed E-state index contributed by atoms with van der Waals surface area (Å²) >= 11 is 7.02. The topological polar surface area (TPSA) is 96.5 Å². The monoisotopic (exact) mass is 314 g/mol. The molecule has 2 rings (SSSR count). The molecule has 0 fully saturated rings. The van der Waals surface area contributed by atoms with E-state index in [1.807, 2.05) is 0 Å². The Bertz CT molecular complexity index is 617. The van der Waals surface area contributed by atoms with E-state index in [9.17, 15) is 9.90 Å². The normalized spacial score (nSPS) is 10.7. The van der Waals surface area contributed by atoms with E-state index in [-0.39, 0.29) is 18.1 Å². The van der Waals surface area contributed by atoms with Crippen molar-refractivity contribution in [3.05, 3.63) is 23.2 Å². The number of thioether (sulfide) groups is 1. The van der Waals surface area contributed by atoms with Crippen molar-refractivity contribution in [2.45, 2.75) is 18.1 Å². The molecular formula is C12H11ClN2O4S. The van der Waals surface area contributed by atoms with Crippen LogP contribution in [0.3, 0.4) is 0 Å². The first-order valence-electron chi connectivity index (χ1n) is 5.73. The van der Waals surface area contributed by atoms with Gasteiger partial charge in [-0.2, -0.15) is 0 Å². The van der Waals surface area contributed by atoms with Crippen LogP contribution in [0.4, 0.5) is 0 Å². The predicted octanol–water partition coefficient (Wildman–Crippen LogP) is 3.05. The maximum atomic E-state index is 10.4. The molecule has 0 radical (unpaired) electrons. The number of aromatic hydroxyl groups is 1. The van der Waals surface area contributed by atoms with Crippen molar-refractivity contribution in [1.29, 1.82) is 0 Å². The lowest BCUT2D eigenvalue weighted by Gasteiger charge is -1.99. The molecule has 1 aromatic carbocycles. The molecule has 1 heterocycles. The molecular weight excluding hydrogens is 304 g/mol. The highest BCUT2D eigenvalue weighted by molar-refractivity contribution is 7.99. The minimum Gasteiger partial charge on any atom is -0.507 e. The summed E-state index contributed by atoms with van der Waals surface area (Å²) in [4.78, 5) is 10.4. The van der Waals surface area contributed by atoms with Gasteiger partial charge in [0, 0.05) is 17.2 Å². The van der Waals surface area contributed by atoms with Gasteiger partial charge < -0.3 is 14.6 Å². The molecule has 0 saturated carbocycles. The number of hydrogen-bond donors (Lipinski definition) is 2. The zero-order valence-electron chi connectivity index (χ0n) is 10.2. The summed E-state index contributed by atoms with van der Waals surface area (Å²) < 4.78 is 5.39. The summed E-state index contributed by atoms with van der Waals surface area (Å²) in [7, 11) is 0. The van der Waals surface area contributed by atoms with Gasteiger partial charge >= 0.3 is 5.97 Å². The molecule has 0 aliphatic heterocycles. The SMILES string of the molecule is O=C(O)CCCSc1nnc(-c2ccc(Cl)cc2O)o1. The van der Waals surface area contributed by atoms with Gasteiger partial charge in [0.15, 0.2) is 0 Å². The highest BCUT2D eigenvalue weighted by Gasteiger charge is 2.13. The lowest BCUT2D eigenvalue weighted by Crippen LogP contribution is -1.94. The molecule has 0 saturated heterocycles. The number of benzene rings is 1. The third-order valence-corrected chi connectivity index (χ3v) is 3.50. The molecule has 106 valence electrons. The van der Waals surface area contributed by atoms with E-state index in [1.165, 1.54) is 17.8 Å². The fourth-order valence-corrected chi connectivity index (χ4v) is 2.31. The van der Waals surface area contributed by atoms with Crippen LogP contribution in [0.5, 0.6) is 5.75 Å². The number of hydrogen-bond acceptors (Lipinski definition) is 6. The Balaban J connectivity index is 1.99. The summed E-state index contributed by atoms with van der Waals surface area (Å²) in [6, 6.07) is 4.59. The van der Waals surface area contributed by atoms with E-state index in [0.717, 1.165) is 0 Å². The summed E-state index contributed by atoms with van der Waals surface area (Å²) in [5.41, 5.74) is 0.402. The number of phenols is 1. The van der Waals surface area contributed by atoms with Crippen molar-refractivity contribution in [2.24, 2.45) is 0 Å². The quantitative estimate of drug-likeness (QED) is 0.624. The third kappa shape index (κ3) is 3.88.